The Kier molecular flexibility index (Phi) is 6.45. The largest absolute Gasteiger partial charge is 0.329 e. The van der Waals surface area contributed by atoms with Gasteiger partial charge in [0.25, 0.3) is 0 Å². The van der Waals surface area contributed by atoms with Crippen molar-refractivity contribution in [2.75, 3.05) is 33.7 Å². The van der Waals surface area contributed by atoms with E-state index in [1.165, 1.54) is 38.8 Å². The number of hydrogen-bond donors (Lipinski definition) is 1. The van der Waals surface area contributed by atoms with Crippen LogP contribution in [0.15, 0.2) is 0 Å². The van der Waals surface area contributed by atoms with Crippen LogP contribution in [0.2, 0.25) is 0 Å². The Balaban J connectivity index is 2.44. The van der Waals surface area contributed by atoms with E-state index in [9.17, 15) is 0 Å². The summed E-state index contributed by atoms with van der Waals surface area (Å²) in [7, 11) is 4.39. The summed E-state index contributed by atoms with van der Waals surface area (Å²) < 4.78 is 0. The maximum Gasteiger partial charge on any atom is 0.0244 e. The van der Waals surface area contributed by atoms with Crippen LogP contribution in [0.5, 0.6) is 0 Å². The van der Waals surface area contributed by atoms with Gasteiger partial charge in [0.2, 0.25) is 0 Å². The first-order valence-corrected chi connectivity index (χ1v) is 7.20. The molecule has 0 spiro atoms. The zero-order chi connectivity index (χ0) is 12.8. The van der Waals surface area contributed by atoms with Crippen LogP contribution in [0.4, 0.5) is 0 Å². The highest BCUT2D eigenvalue weighted by molar-refractivity contribution is 4.84. The lowest BCUT2D eigenvalue weighted by molar-refractivity contribution is 0.0844. The third kappa shape index (κ3) is 4.23. The summed E-state index contributed by atoms with van der Waals surface area (Å²) in [6, 6.07) is 1.37. The molecule has 3 heteroatoms. The zero-order valence-corrected chi connectivity index (χ0v) is 12.2. The molecule has 0 aromatic carbocycles. The number of likely N-dealkylation sites (tertiary alicyclic amines) is 1. The molecular weight excluding hydrogens is 210 g/mol. The number of hydrogen-bond acceptors (Lipinski definition) is 3. The van der Waals surface area contributed by atoms with Gasteiger partial charge in [-0.3, -0.25) is 4.90 Å². The number of rotatable bonds is 6. The van der Waals surface area contributed by atoms with Crippen molar-refractivity contribution in [1.82, 2.24) is 9.80 Å². The summed E-state index contributed by atoms with van der Waals surface area (Å²) in [5, 5.41) is 0. The average molecular weight is 241 g/mol. The summed E-state index contributed by atoms with van der Waals surface area (Å²) in [5.74, 6) is 0.737. The second-order valence-electron chi connectivity index (χ2n) is 5.80. The Hall–Kier alpha value is -0.120. The van der Waals surface area contributed by atoms with Crippen LogP contribution >= 0.6 is 0 Å². The lowest BCUT2D eigenvalue weighted by Crippen LogP contribution is -2.51. The Morgan fingerprint density at radius 2 is 1.88 bits per heavy atom. The van der Waals surface area contributed by atoms with Gasteiger partial charge in [0.1, 0.15) is 0 Å². The molecule has 2 atom stereocenters. The van der Waals surface area contributed by atoms with E-state index in [-0.39, 0.29) is 0 Å². The molecule has 2 N–H and O–H groups in total. The predicted octanol–water partition coefficient (Wildman–Crippen LogP) is 1.78. The van der Waals surface area contributed by atoms with Gasteiger partial charge in [0.05, 0.1) is 0 Å². The first-order chi connectivity index (χ1) is 8.10. The van der Waals surface area contributed by atoms with Crippen LogP contribution < -0.4 is 5.73 Å². The lowest BCUT2D eigenvalue weighted by atomic mass is 9.93. The van der Waals surface area contributed by atoms with Gasteiger partial charge in [-0.2, -0.15) is 0 Å². The van der Waals surface area contributed by atoms with E-state index >= 15 is 0 Å². The van der Waals surface area contributed by atoms with E-state index in [0.717, 1.165) is 18.5 Å². The van der Waals surface area contributed by atoms with Crippen molar-refractivity contribution in [3.05, 3.63) is 0 Å². The Morgan fingerprint density at radius 1 is 1.29 bits per heavy atom. The molecule has 17 heavy (non-hydrogen) atoms. The van der Waals surface area contributed by atoms with Gasteiger partial charge in [-0.15, -0.1) is 0 Å². The van der Waals surface area contributed by atoms with E-state index in [4.69, 9.17) is 5.73 Å². The highest BCUT2D eigenvalue weighted by Crippen LogP contribution is 2.21. The van der Waals surface area contributed by atoms with Crippen LogP contribution in [0.1, 0.15) is 39.5 Å². The topological polar surface area (TPSA) is 32.5 Å². The van der Waals surface area contributed by atoms with E-state index < -0.39 is 0 Å². The number of nitrogens with two attached hydrogens (primary N) is 1. The zero-order valence-electron chi connectivity index (χ0n) is 12.2. The minimum absolute atomic E-state index is 0.595. The maximum atomic E-state index is 5.98. The molecule has 0 radical (unpaired) electrons. The van der Waals surface area contributed by atoms with Crippen molar-refractivity contribution in [3.63, 3.8) is 0 Å². The van der Waals surface area contributed by atoms with E-state index in [2.05, 4.69) is 37.7 Å². The van der Waals surface area contributed by atoms with Gasteiger partial charge in [-0.05, 0) is 52.4 Å². The molecule has 0 aliphatic carbocycles. The van der Waals surface area contributed by atoms with Crippen molar-refractivity contribution in [3.8, 4) is 0 Å². The van der Waals surface area contributed by atoms with Gasteiger partial charge in [-0.1, -0.05) is 20.3 Å². The average Bonchev–Trinajstić information content (AvgIpc) is 2.31. The fraction of sp³-hybridized carbons (Fsp3) is 1.00. The fourth-order valence-corrected chi connectivity index (χ4v) is 3.12. The Morgan fingerprint density at radius 3 is 2.29 bits per heavy atom. The fourth-order valence-electron chi connectivity index (χ4n) is 3.12. The molecule has 1 rings (SSSR count). The minimum Gasteiger partial charge on any atom is -0.329 e. The number of nitrogens with zero attached hydrogens (tertiary/aromatic N) is 2. The molecule has 1 aliphatic rings. The smallest absolute Gasteiger partial charge is 0.0244 e. The summed E-state index contributed by atoms with van der Waals surface area (Å²) in [4.78, 5) is 4.99. The van der Waals surface area contributed by atoms with E-state index in [1.807, 2.05) is 0 Å². The summed E-state index contributed by atoms with van der Waals surface area (Å²) in [6.45, 7) is 7.88. The van der Waals surface area contributed by atoms with Crippen molar-refractivity contribution >= 4 is 0 Å². The third-order valence-corrected chi connectivity index (χ3v) is 4.34. The molecule has 0 aromatic rings. The molecule has 2 unspecified atom stereocenters. The Bertz CT molecular complexity index is 198. The molecule has 0 amide bonds. The molecular formula is C14H31N3. The molecule has 1 fully saturated rings. The Labute approximate surface area is 107 Å². The standard InChI is InChI=1S/C14H31N3/c1-5-6-12(2)14(11-15)17-9-7-13(8-10-17)16(3)4/h12-14H,5-11,15H2,1-4H3. The summed E-state index contributed by atoms with van der Waals surface area (Å²) in [6.07, 6.45) is 5.16. The minimum atomic E-state index is 0.595. The van der Waals surface area contributed by atoms with Gasteiger partial charge in [0, 0.05) is 18.6 Å². The monoisotopic (exact) mass is 241 g/mol. The summed E-state index contributed by atoms with van der Waals surface area (Å²) >= 11 is 0. The van der Waals surface area contributed by atoms with Gasteiger partial charge in [0.15, 0.2) is 0 Å². The van der Waals surface area contributed by atoms with Crippen molar-refractivity contribution < 1.29 is 0 Å². The summed E-state index contributed by atoms with van der Waals surface area (Å²) in [5.41, 5.74) is 5.98. The quantitative estimate of drug-likeness (QED) is 0.769. The van der Waals surface area contributed by atoms with Crippen molar-refractivity contribution in [1.29, 1.82) is 0 Å². The van der Waals surface area contributed by atoms with Crippen LogP contribution in [-0.2, 0) is 0 Å². The second-order valence-corrected chi connectivity index (χ2v) is 5.80. The first kappa shape index (κ1) is 14.9. The van der Waals surface area contributed by atoms with E-state index in [0.29, 0.717) is 6.04 Å². The third-order valence-electron chi connectivity index (χ3n) is 4.34. The van der Waals surface area contributed by atoms with Crippen LogP contribution in [0.25, 0.3) is 0 Å². The SMILES string of the molecule is CCCC(C)C(CN)N1CCC(N(C)C)CC1. The molecule has 1 aliphatic heterocycles. The van der Waals surface area contributed by atoms with E-state index in [1.54, 1.807) is 0 Å². The molecule has 0 bridgehead atoms. The van der Waals surface area contributed by atoms with Crippen LogP contribution in [0, 0.1) is 5.92 Å². The van der Waals surface area contributed by atoms with Gasteiger partial charge >= 0.3 is 0 Å². The van der Waals surface area contributed by atoms with Crippen LogP contribution in [-0.4, -0.2) is 55.6 Å². The molecule has 102 valence electrons. The first-order valence-electron chi connectivity index (χ1n) is 7.20. The normalized spacial score (nSPS) is 22.9. The van der Waals surface area contributed by atoms with Gasteiger partial charge in [-0.25, -0.2) is 0 Å². The van der Waals surface area contributed by atoms with Crippen molar-refractivity contribution in [2.45, 2.75) is 51.6 Å². The highest BCUT2D eigenvalue weighted by Gasteiger charge is 2.27. The lowest BCUT2D eigenvalue weighted by Gasteiger charge is -2.41. The molecule has 0 saturated carbocycles. The highest BCUT2D eigenvalue weighted by atomic mass is 15.2. The van der Waals surface area contributed by atoms with Crippen molar-refractivity contribution in [2.24, 2.45) is 11.7 Å². The molecule has 0 aromatic heterocycles. The maximum absolute atomic E-state index is 5.98. The number of piperidine rings is 1. The van der Waals surface area contributed by atoms with Gasteiger partial charge < -0.3 is 10.6 Å². The second kappa shape index (κ2) is 7.34. The molecule has 3 nitrogen and oxygen atoms in total. The molecule has 1 heterocycles. The van der Waals surface area contributed by atoms with Crippen LogP contribution in [0.3, 0.4) is 0 Å². The predicted molar refractivity (Wildman–Crippen MR) is 75.2 cm³/mol. The molecule has 1 saturated heterocycles.